The van der Waals surface area contributed by atoms with E-state index in [9.17, 15) is 0 Å². The molecule has 1 atom stereocenters. The molecule has 0 aliphatic rings. The molecule has 0 amide bonds. The lowest BCUT2D eigenvalue weighted by molar-refractivity contribution is 0.231. The Balaban J connectivity index is 3.28. The SMILES string of the molecule is CC(C)=CCC[C@@H](C)CO. The Kier molecular flexibility index (Phi) is 5.32. The van der Waals surface area contributed by atoms with Crippen LogP contribution in [0.1, 0.15) is 33.6 Å². The number of hydrogen-bond donors (Lipinski definition) is 1. The van der Waals surface area contributed by atoms with Gasteiger partial charge < -0.3 is 5.11 Å². The summed E-state index contributed by atoms with van der Waals surface area (Å²) in [5, 5.41) is 8.68. The van der Waals surface area contributed by atoms with Crippen LogP contribution in [0.4, 0.5) is 0 Å². The van der Waals surface area contributed by atoms with Gasteiger partial charge in [0.2, 0.25) is 0 Å². The molecule has 0 heterocycles. The summed E-state index contributed by atoms with van der Waals surface area (Å²) in [6.45, 7) is 6.59. The molecule has 0 radical (unpaired) electrons. The van der Waals surface area contributed by atoms with E-state index in [0.29, 0.717) is 12.5 Å². The monoisotopic (exact) mass is 142 g/mol. The van der Waals surface area contributed by atoms with Crippen molar-refractivity contribution in [1.29, 1.82) is 0 Å². The number of aliphatic hydroxyl groups excluding tert-OH is 1. The molecular weight excluding hydrogens is 124 g/mol. The maximum atomic E-state index is 8.68. The lowest BCUT2D eigenvalue weighted by atomic mass is 10.1. The van der Waals surface area contributed by atoms with E-state index in [1.54, 1.807) is 0 Å². The number of allylic oxidation sites excluding steroid dienone is 2. The van der Waals surface area contributed by atoms with E-state index >= 15 is 0 Å². The van der Waals surface area contributed by atoms with Crippen LogP contribution in [0.15, 0.2) is 11.6 Å². The molecule has 0 unspecified atom stereocenters. The van der Waals surface area contributed by atoms with Crippen LogP contribution in [-0.4, -0.2) is 11.7 Å². The first-order valence-corrected chi connectivity index (χ1v) is 3.91. The second-order valence-electron chi connectivity index (χ2n) is 3.15. The molecule has 1 heteroatoms. The van der Waals surface area contributed by atoms with Gasteiger partial charge in [-0.1, -0.05) is 18.6 Å². The Labute approximate surface area is 63.8 Å². The summed E-state index contributed by atoms with van der Waals surface area (Å²) in [6.07, 6.45) is 4.41. The minimum atomic E-state index is 0.316. The molecule has 0 saturated heterocycles. The van der Waals surface area contributed by atoms with Gasteiger partial charge >= 0.3 is 0 Å². The van der Waals surface area contributed by atoms with Crippen molar-refractivity contribution < 1.29 is 5.11 Å². The van der Waals surface area contributed by atoms with Crippen molar-refractivity contribution in [3.05, 3.63) is 11.6 Å². The normalized spacial score (nSPS) is 12.8. The van der Waals surface area contributed by atoms with Crippen molar-refractivity contribution in [1.82, 2.24) is 0 Å². The van der Waals surface area contributed by atoms with Gasteiger partial charge in [0, 0.05) is 6.61 Å². The smallest absolute Gasteiger partial charge is 0.0456 e. The van der Waals surface area contributed by atoms with E-state index in [1.165, 1.54) is 5.57 Å². The summed E-state index contributed by atoms with van der Waals surface area (Å²) < 4.78 is 0. The molecule has 60 valence electrons. The summed E-state index contributed by atoms with van der Waals surface area (Å²) in [6, 6.07) is 0. The summed E-state index contributed by atoms with van der Waals surface area (Å²) in [4.78, 5) is 0. The molecule has 0 saturated carbocycles. The van der Waals surface area contributed by atoms with Crippen molar-refractivity contribution in [2.24, 2.45) is 5.92 Å². The third-order valence-corrected chi connectivity index (χ3v) is 1.52. The highest BCUT2D eigenvalue weighted by molar-refractivity contribution is 4.92. The lowest BCUT2D eigenvalue weighted by Crippen LogP contribution is -1.98. The molecule has 0 aromatic heterocycles. The summed E-state index contributed by atoms with van der Waals surface area (Å²) >= 11 is 0. The van der Waals surface area contributed by atoms with Gasteiger partial charge in [-0.3, -0.25) is 0 Å². The predicted molar refractivity (Wildman–Crippen MR) is 44.9 cm³/mol. The molecule has 0 aliphatic carbocycles. The fraction of sp³-hybridized carbons (Fsp3) is 0.778. The topological polar surface area (TPSA) is 20.2 Å². The third kappa shape index (κ3) is 5.83. The van der Waals surface area contributed by atoms with Gasteiger partial charge in [0.1, 0.15) is 0 Å². The van der Waals surface area contributed by atoms with Crippen LogP contribution in [0.5, 0.6) is 0 Å². The van der Waals surface area contributed by atoms with Gasteiger partial charge in [0.15, 0.2) is 0 Å². The summed E-state index contributed by atoms with van der Waals surface area (Å²) in [5.74, 6) is 0.454. The lowest BCUT2D eigenvalue weighted by Gasteiger charge is -2.03. The molecule has 0 spiro atoms. The fourth-order valence-corrected chi connectivity index (χ4v) is 0.748. The Hall–Kier alpha value is -0.300. The van der Waals surface area contributed by atoms with Crippen LogP contribution in [0.3, 0.4) is 0 Å². The molecule has 0 fully saturated rings. The second kappa shape index (κ2) is 5.48. The molecular formula is C9H18O. The average Bonchev–Trinajstić information content (AvgIpc) is 1.87. The Morgan fingerprint density at radius 1 is 1.50 bits per heavy atom. The zero-order valence-corrected chi connectivity index (χ0v) is 7.22. The molecule has 0 aromatic carbocycles. The van der Waals surface area contributed by atoms with Gasteiger partial charge in [-0.25, -0.2) is 0 Å². The second-order valence-corrected chi connectivity index (χ2v) is 3.15. The van der Waals surface area contributed by atoms with Crippen LogP contribution >= 0.6 is 0 Å². The minimum absolute atomic E-state index is 0.316. The predicted octanol–water partition coefficient (Wildman–Crippen LogP) is 2.36. The van der Waals surface area contributed by atoms with Crippen LogP contribution < -0.4 is 0 Å². The van der Waals surface area contributed by atoms with Gasteiger partial charge in [0.05, 0.1) is 0 Å². The quantitative estimate of drug-likeness (QED) is 0.597. The Bertz CT molecular complexity index is 101. The van der Waals surface area contributed by atoms with Crippen molar-refractivity contribution in [2.75, 3.05) is 6.61 Å². The van der Waals surface area contributed by atoms with E-state index in [1.807, 2.05) is 0 Å². The molecule has 0 bridgehead atoms. The highest BCUT2D eigenvalue weighted by Gasteiger charge is 1.96. The minimum Gasteiger partial charge on any atom is -0.396 e. The van der Waals surface area contributed by atoms with Crippen molar-refractivity contribution in [3.8, 4) is 0 Å². The Morgan fingerprint density at radius 2 is 2.10 bits per heavy atom. The van der Waals surface area contributed by atoms with E-state index in [0.717, 1.165) is 12.8 Å². The fourth-order valence-electron chi connectivity index (χ4n) is 0.748. The van der Waals surface area contributed by atoms with Gasteiger partial charge in [-0.15, -0.1) is 0 Å². The number of aliphatic hydroxyl groups is 1. The molecule has 10 heavy (non-hydrogen) atoms. The van der Waals surface area contributed by atoms with Crippen molar-refractivity contribution in [3.63, 3.8) is 0 Å². The van der Waals surface area contributed by atoms with Crippen LogP contribution in [-0.2, 0) is 0 Å². The standard InChI is InChI=1S/C9H18O/c1-8(2)5-4-6-9(3)7-10/h5,9-10H,4,6-7H2,1-3H3/t9-/m1/s1. The van der Waals surface area contributed by atoms with Crippen molar-refractivity contribution >= 4 is 0 Å². The van der Waals surface area contributed by atoms with Gasteiger partial charge in [-0.05, 0) is 32.6 Å². The first-order valence-electron chi connectivity index (χ1n) is 3.91. The zero-order chi connectivity index (χ0) is 7.98. The average molecular weight is 142 g/mol. The molecule has 1 nitrogen and oxygen atoms in total. The maximum absolute atomic E-state index is 8.68. The van der Waals surface area contributed by atoms with Crippen molar-refractivity contribution in [2.45, 2.75) is 33.6 Å². The van der Waals surface area contributed by atoms with E-state index in [4.69, 9.17) is 5.11 Å². The molecule has 0 aromatic rings. The number of rotatable bonds is 4. The number of hydrogen-bond acceptors (Lipinski definition) is 1. The highest BCUT2D eigenvalue weighted by Crippen LogP contribution is 2.05. The van der Waals surface area contributed by atoms with E-state index in [2.05, 4.69) is 26.8 Å². The summed E-state index contributed by atoms with van der Waals surface area (Å²) in [7, 11) is 0. The zero-order valence-electron chi connectivity index (χ0n) is 7.22. The first kappa shape index (κ1) is 9.70. The largest absolute Gasteiger partial charge is 0.396 e. The highest BCUT2D eigenvalue weighted by atomic mass is 16.3. The first-order chi connectivity index (χ1) is 4.66. The molecule has 1 N–H and O–H groups in total. The molecule has 0 aliphatic heterocycles. The maximum Gasteiger partial charge on any atom is 0.0456 e. The van der Waals surface area contributed by atoms with E-state index < -0.39 is 0 Å². The van der Waals surface area contributed by atoms with E-state index in [-0.39, 0.29) is 0 Å². The van der Waals surface area contributed by atoms with Gasteiger partial charge in [-0.2, -0.15) is 0 Å². The van der Waals surface area contributed by atoms with Crippen LogP contribution in [0.2, 0.25) is 0 Å². The van der Waals surface area contributed by atoms with Crippen LogP contribution in [0, 0.1) is 5.92 Å². The van der Waals surface area contributed by atoms with Gasteiger partial charge in [0.25, 0.3) is 0 Å². The molecule has 0 rings (SSSR count). The summed E-state index contributed by atoms with van der Waals surface area (Å²) in [5.41, 5.74) is 1.37. The van der Waals surface area contributed by atoms with Crippen LogP contribution in [0.25, 0.3) is 0 Å². The third-order valence-electron chi connectivity index (χ3n) is 1.52. The Morgan fingerprint density at radius 3 is 2.50 bits per heavy atom.